The van der Waals surface area contributed by atoms with E-state index in [1.165, 1.54) is 37.2 Å². The number of nitrogens with zero attached hydrogens (tertiary/aromatic N) is 2. The van der Waals surface area contributed by atoms with Crippen LogP contribution in [-0.2, 0) is 0 Å². The normalized spacial score (nSPS) is 26.5. The van der Waals surface area contributed by atoms with Gasteiger partial charge in [0.25, 0.3) is 0 Å². The third-order valence-electron chi connectivity index (χ3n) is 3.01. The molecule has 3 rings (SSSR count). The Labute approximate surface area is 93.7 Å². The maximum Gasteiger partial charge on any atom is 0.202 e. The summed E-state index contributed by atoms with van der Waals surface area (Å²) in [5, 5.41) is 7.86. The second kappa shape index (κ2) is 4.06. The quantitative estimate of drug-likeness (QED) is 0.818. The second-order valence-electron chi connectivity index (χ2n) is 4.42. The molecular weight excluding hydrogens is 208 g/mol. The van der Waals surface area contributed by atoms with Crippen molar-refractivity contribution in [2.24, 2.45) is 0 Å². The summed E-state index contributed by atoms with van der Waals surface area (Å²) in [6.07, 6.45) is 5.06. The first-order valence-electron chi connectivity index (χ1n) is 5.72. The number of piperidine rings is 1. The van der Waals surface area contributed by atoms with E-state index < -0.39 is 0 Å². The number of aromatic nitrogens is 2. The van der Waals surface area contributed by atoms with E-state index in [0.717, 1.165) is 24.0 Å². The van der Waals surface area contributed by atoms with Crippen molar-refractivity contribution in [3.63, 3.8) is 0 Å². The molecule has 1 aliphatic carbocycles. The molecule has 5 heteroatoms. The molecule has 82 valence electrons. The van der Waals surface area contributed by atoms with E-state index in [4.69, 9.17) is 0 Å². The first-order chi connectivity index (χ1) is 7.42. The highest BCUT2D eigenvalue weighted by molar-refractivity contribution is 7.09. The molecular formula is C10H16N4S. The zero-order chi connectivity index (χ0) is 10.1. The monoisotopic (exact) mass is 224 g/mol. The number of anilines is 1. The Kier molecular flexibility index (Phi) is 2.58. The SMILES string of the molecule is C1CNCC(Nc2nc(C3CC3)ns2)C1. The first kappa shape index (κ1) is 9.54. The van der Waals surface area contributed by atoms with Gasteiger partial charge in [-0.25, -0.2) is 4.98 Å². The molecule has 1 aromatic rings. The molecule has 2 heterocycles. The minimum absolute atomic E-state index is 0.541. The van der Waals surface area contributed by atoms with E-state index in [1.807, 2.05) is 0 Å². The molecule has 2 N–H and O–H groups in total. The Morgan fingerprint density at radius 1 is 1.33 bits per heavy atom. The fourth-order valence-electron chi connectivity index (χ4n) is 1.95. The minimum Gasteiger partial charge on any atom is -0.356 e. The highest BCUT2D eigenvalue weighted by Gasteiger charge is 2.28. The molecule has 2 fully saturated rings. The summed E-state index contributed by atoms with van der Waals surface area (Å²) >= 11 is 1.51. The van der Waals surface area contributed by atoms with Gasteiger partial charge in [-0.15, -0.1) is 0 Å². The van der Waals surface area contributed by atoms with Crippen LogP contribution in [0.5, 0.6) is 0 Å². The molecule has 1 saturated carbocycles. The summed E-state index contributed by atoms with van der Waals surface area (Å²) in [4.78, 5) is 4.53. The smallest absolute Gasteiger partial charge is 0.202 e. The lowest BCUT2D eigenvalue weighted by atomic mass is 10.1. The van der Waals surface area contributed by atoms with Gasteiger partial charge in [-0.3, -0.25) is 0 Å². The van der Waals surface area contributed by atoms with Crippen LogP contribution in [0.3, 0.4) is 0 Å². The van der Waals surface area contributed by atoms with Gasteiger partial charge >= 0.3 is 0 Å². The highest BCUT2D eigenvalue weighted by atomic mass is 32.1. The van der Waals surface area contributed by atoms with Gasteiger partial charge in [0.15, 0.2) is 0 Å². The summed E-state index contributed by atoms with van der Waals surface area (Å²) in [6.45, 7) is 2.21. The molecule has 15 heavy (non-hydrogen) atoms. The van der Waals surface area contributed by atoms with Crippen molar-refractivity contribution in [1.29, 1.82) is 0 Å². The van der Waals surface area contributed by atoms with Gasteiger partial charge in [-0.2, -0.15) is 4.37 Å². The third kappa shape index (κ3) is 2.29. The Morgan fingerprint density at radius 2 is 2.27 bits per heavy atom. The molecule has 1 atom stereocenters. The standard InChI is InChI=1S/C10H16N4S/c1-2-8(6-11-5-1)12-10-13-9(14-15-10)7-3-4-7/h7-8,11H,1-6H2,(H,12,13,14). The summed E-state index contributed by atoms with van der Waals surface area (Å²) in [5.74, 6) is 1.73. The molecule has 0 aromatic carbocycles. The van der Waals surface area contributed by atoms with Crippen molar-refractivity contribution in [3.05, 3.63) is 5.82 Å². The van der Waals surface area contributed by atoms with Crippen LogP contribution >= 0.6 is 11.5 Å². The van der Waals surface area contributed by atoms with Crippen LogP contribution in [-0.4, -0.2) is 28.5 Å². The lowest BCUT2D eigenvalue weighted by Crippen LogP contribution is -2.38. The third-order valence-corrected chi connectivity index (χ3v) is 3.67. The van der Waals surface area contributed by atoms with E-state index in [-0.39, 0.29) is 0 Å². The molecule has 0 radical (unpaired) electrons. The number of rotatable bonds is 3. The summed E-state index contributed by atoms with van der Waals surface area (Å²) in [7, 11) is 0. The van der Waals surface area contributed by atoms with Gasteiger partial charge in [0, 0.05) is 30.0 Å². The molecule has 0 amide bonds. The van der Waals surface area contributed by atoms with E-state index in [1.54, 1.807) is 0 Å². The van der Waals surface area contributed by atoms with Crippen LogP contribution in [0.2, 0.25) is 0 Å². The molecule has 0 spiro atoms. The van der Waals surface area contributed by atoms with Gasteiger partial charge in [0.2, 0.25) is 5.13 Å². The van der Waals surface area contributed by atoms with Crippen molar-refractivity contribution in [1.82, 2.24) is 14.7 Å². The lowest BCUT2D eigenvalue weighted by molar-refractivity contribution is 0.479. The van der Waals surface area contributed by atoms with Crippen LogP contribution in [0.1, 0.15) is 37.4 Å². The van der Waals surface area contributed by atoms with Crippen LogP contribution in [0, 0.1) is 0 Å². The molecule has 1 aliphatic heterocycles. The average Bonchev–Trinajstić information content (AvgIpc) is 3.02. The van der Waals surface area contributed by atoms with Gasteiger partial charge in [-0.1, -0.05) is 0 Å². The van der Waals surface area contributed by atoms with Gasteiger partial charge in [0.05, 0.1) is 0 Å². The van der Waals surface area contributed by atoms with Crippen molar-refractivity contribution < 1.29 is 0 Å². The van der Waals surface area contributed by atoms with Gasteiger partial charge < -0.3 is 10.6 Å². The molecule has 1 unspecified atom stereocenters. The largest absolute Gasteiger partial charge is 0.356 e. The maximum absolute atomic E-state index is 4.53. The fourth-order valence-corrected chi connectivity index (χ4v) is 2.67. The van der Waals surface area contributed by atoms with E-state index in [2.05, 4.69) is 20.0 Å². The number of hydrogen-bond donors (Lipinski definition) is 2. The second-order valence-corrected chi connectivity index (χ2v) is 5.17. The van der Waals surface area contributed by atoms with Crippen molar-refractivity contribution in [2.75, 3.05) is 18.4 Å². The molecule has 1 saturated heterocycles. The van der Waals surface area contributed by atoms with Gasteiger partial charge in [-0.05, 0) is 32.2 Å². The van der Waals surface area contributed by atoms with Crippen LogP contribution in [0.15, 0.2) is 0 Å². The average molecular weight is 224 g/mol. The lowest BCUT2D eigenvalue weighted by Gasteiger charge is -2.23. The van der Waals surface area contributed by atoms with Crippen molar-refractivity contribution >= 4 is 16.7 Å². The maximum atomic E-state index is 4.53. The first-order valence-corrected chi connectivity index (χ1v) is 6.50. The highest BCUT2D eigenvalue weighted by Crippen LogP contribution is 2.39. The van der Waals surface area contributed by atoms with Crippen molar-refractivity contribution in [3.8, 4) is 0 Å². The van der Waals surface area contributed by atoms with Crippen molar-refractivity contribution in [2.45, 2.75) is 37.6 Å². The molecule has 0 bridgehead atoms. The molecule has 4 nitrogen and oxygen atoms in total. The Balaban J connectivity index is 1.60. The van der Waals surface area contributed by atoms with E-state index in [0.29, 0.717) is 12.0 Å². The fraction of sp³-hybridized carbons (Fsp3) is 0.800. The topological polar surface area (TPSA) is 49.8 Å². The van der Waals surface area contributed by atoms with Crippen LogP contribution < -0.4 is 10.6 Å². The van der Waals surface area contributed by atoms with E-state index >= 15 is 0 Å². The van der Waals surface area contributed by atoms with Gasteiger partial charge in [0.1, 0.15) is 5.82 Å². The van der Waals surface area contributed by atoms with E-state index in [9.17, 15) is 0 Å². The molecule has 2 aliphatic rings. The predicted molar refractivity (Wildman–Crippen MR) is 61.4 cm³/mol. The van der Waals surface area contributed by atoms with Crippen LogP contribution in [0.4, 0.5) is 5.13 Å². The number of hydrogen-bond acceptors (Lipinski definition) is 5. The summed E-state index contributed by atoms with van der Waals surface area (Å²) < 4.78 is 4.39. The summed E-state index contributed by atoms with van der Waals surface area (Å²) in [6, 6.07) is 0.541. The Bertz CT molecular complexity index is 328. The predicted octanol–water partition coefficient (Wildman–Crippen LogP) is 1.58. The zero-order valence-electron chi connectivity index (χ0n) is 8.70. The summed E-state index contributed by atoms with van der Waals surface area (Å²) in [5.41, 5.74) is 0. The Hall–Kier alpha value is -0.680. The minimum atomic E-state index is 0.541. The Morgan fingerprint density at radius 3 is 3.00 bits per heavy atom. The van der Waals surface area contributed by atoms with Crippen LogP contribution in [0.25, 0.3) is 0 Å². The number of nitrogens with one attached hydrogen (secondary N) is 2. The zero-order valence-corrected chi connectivity index (χ0v) is 9.52. The molecule has 1 aromatic heterocycles.